The van der Waals surface area contributed by atoms with Crippen LogP contribution in [0.3, 0.4) is 0 Å². The zero-order valence-corrected chi connectivity index (χ0v) is 12.5. The smallest absolute Gasteiger partial charge is 0.307 e. The first-order valence-corrected chi connectivity index (χ1v) is 7.54. The lowest BCUT2D eigenvalue weighted by atomic mass is 9.94. The summed E-state index contributed by atoms with van der Waals surface area (Å²) in [5.74, 6) is -2.13. The van der Waals surface area contributed by atoms with Gasteiger partial charge in [0, 0.05) is 43.7 Å². The average Bonchev–Trinajstić information content (AvgIpc) is 2.99. The monoisotopic (exact) mass is 297 g/mol. The van der Waals surface area contributed by atoms with Gasteiger partial charge in [-0.3, -0.25) is 9.59 Å². The van der Waals surface area contributed by atoms with Crippen LogP contribution in [0.5, 0.6) is 0 Å². The van der Waals surface area contributed by atoms with E-state index in [0.29, 0.717) is 13.1 Å². The van der Waals surface area contributed by atoms with E-state index in [2.05, 4.69) is 9.88 Å². The van der Waals surface area contributed by atoms with Crippen LogP contribution < -0.4 is 4.90 Å². The number of amides is 1. The SMILES string of the molecule is CC(C(=O)O)C(C)C(=O)N1CCN(c2nccs2)CC1. The molecule has 1 amide bonds. The molecule has 2 atom stereocenters. The molecule has 1 aromatic rings. The van der Waals surface area contributed by atoms with Crippen molar-refractivity contribution in [2.24, 2.45) is 11.8 Å². The van der Waals surface area contributed by atoms with Gasteiger partial charge in [-0.05, 0) is 0 Å². The predicted octanol–water partition coefficient (Wildman–Crippen LogP) is 1.15. The summed E-state index contributed by atoms with van der Waals surface area (Å²) < 4.78 is 0. The van der Waals surface area contributed by atoms with Crippen molar-refractivity contribution in [1.82, 2.24) is 9.88 Å². The van der Waals surface area contributed by atoms with Crippen LogP contribution in [-0.4, -0.2) is 53.0 Å². The first kappa shape index (κ1) is 14.8. The first-order chi connectivity index (χ1) is 9.50. The van der Waals surface area contributed by atoms with Gasteiger partial charge in [-0.2, -0.15) is 0 Å². The molecule has 7 heteroatoms. The third-order valence-electron chi connectivity index (χ3n) is 3.81. The van der Waals surface area contributed by atoms with E-state index in [0.717, 1.165) is 18.2 Å². The molecule has 1 fully saturated rings. The Morgan fingerprint density at radius 3 is 2.40 bits per heavy atom. The van der Waals surface area contributed by atoms with E-state index in [1.165, 1.54) is 0 Å². The van der Waals surface area contributed by atoms with E-state index < -0.39 is 17.8 Å². The molecule has 2 unspecified atom stereocenters. The molecule has 1 saturated heterocycles. The van der Waals surface area contributed by atoms with Crippen molar-refractivity contribution in [2.75, 3.05) is 31.1 Å². The predicted molar refractivity (Wildman–Crippen MR) is 76.9 cm³/mol. The molecule has 0 spiro atoms. The lowest BCUT2D eigenvalue weighted by molar-refractivity contribution is -0.149. The summed E-state index contributed by atoms with van der Waals surface area (Å²) in [6, 6.07) is 0. The van der Waals surface area contributed by atoms with Crippen molar-refractivity contribution in [3.63, 3.8) is 0 Å². The zero-order valence-electron chi connectivity index (χ0n) is 11.7. The second-order valence-corrected chi connectivity index (χ2v) is 5.92. The van der Waals surface area contributed by atoms with Crippen LogP contribution in [0.25, 0.3) is 0 Å². The summed E-state index contributed by atoms with van der Waals surface area (Å²) in [7, 11) is 0. The Labute approximate surface area is 122 Å². The van der Waals surface area contributed by atoms with Gasteiger partial charge in [-0.1, -0.05) is 13.8 Å². The molecule has 110 valence electrons. The highest BCUT2D eigenvalue weighted by Crippen LogP contribution is 2.21. The van der Waals surface area contributed by atoms with Crippen LogP contribution in [0, 0.1) is 11.8 Å². The molecule has 1 N–H and O–H groups in total. The number of rotatable bonds is 4. The minimum Gasteiger partial charge on any atom is -0.481 e. The maximum atomic E-state index is 12.3. The summed E-state index contributed by atoms with van der Waals surface area (Å²) in [4.78, 5) is 31.4. The lowest BCUT2D eigenvalue weighted by Crippen LogP contribution is -2.51. The maximum Gasteiger partial charge on any atom is 0.307 e. The van der Waals surface area contributed by atoms with Gasteiger partial charge in [0.2, 0.25) is 5.91 Å². The van der Waals surface area contributed by atoms with Crippen LogP contribution in [0.15, 0.2) is 11.6 Å². The molecule has 0 aliphatic carbocycles. The van der Waals surface area contributed by atoms with Crippen molar-refractivity contribution in [3.05, 3.63) is 11.6 Å². The van der Waals surface area contributed by atoms with Gasteiger partial charge in [-0.15, -0.1) is 11.3 Å². The van der Waals surface area contributed by atoms with E-state index in [1.54, 1.807) is 36.3 Å². The molecule has 0 radical (unpaired) electrons. The number of aromatic nitrogens is 1. The number of carbonyl (C=O) groups excluding carboxylic acids is 1. The van der Waals surface area contributed by atoms with E-state index in [1.807, 2.05) is 5.38 Å². The van der Waals surface area contributed by atoms with Crippen LogP contribution in [0.1, 0.15) is 13.8 Å². The highest BCUT2D eigenvalue weighted by atomic mass is 32.1. The molecule has 1 aliphatic rings. The summed E-state index contributed by atoms with van der Waals surface area (Å²) in [5, 5.41) is 11.9. The first-order valence-electron chi connectivity index (χ1n) is 6.66. The number of anilines is 1. The van der Waals surface area contributed by atoms with Gasteiger partial charge in [0.25, 0.3) is 0 Å². The number of carboxylic acids is 1. The van der Waals surface area contributed by atoms with Gasteiger partial charge in [0.05, 0.1) is 5.92 Å². The summed E-state index contributed by atoms with van der Waals surface area (Å²) >= 11 is 1.59. The number of carboxylic acid groups (broad SMARTS) is 1. The van der Waals surface area contributed by atoms with Crippen molar-refractivity contribution < 1.29 is 14.7 Å². The molecule has 20 heavy (non-hydrogen) atoms. The third-order valence-corrected chi connectivity index (χ3v) is 4.64. The molecular weight excluding hydrogens is 278 g/mol. The van der Waals surface area contributed by atoms with E-state index in [9.17, 15) is 9.59 Å². The van der Waals surface area contributed by atoms with Crippen LogP contribution in [-0.2, 0) is 9.59 Å². The van der Waals surface area contributed by atoms with Crippen LogP contribution in [0.4, 0.5) is 5.13 Å². The number of hydrogen-bond donors (Lipinski definition) is 1. The normalized spacial score (nSPS) is 18.7. The zero-order chi connectivity index (χ0) is 14.7. The summed E-state index contributed by atoms with van der Waals surface area (Å²) in [6.07, 6.45) is 1.77. The number of nitrogens with zero attached hydrogens (tertiary/aromatic N) is 3. The Bertz CT molecular complexity index is 469. The number of carbonyl (C=O) groups is 2. The van der Waals surface area contributed by atoms with Gasteiger partial charge < -0.3 is 14.9 Å². The fraction of sp³-hybridized carbons (Fsp3) is 0.615. The Kier molecular flexibility index (Phi) is 4.59. The molecule has 6 nitrogen and oxygen atoms in total. The standard InChI is InChI=1S/C13H19N3O3S/c1-9(10(2)12(18)19)11(17)15-4-6-16(7-5-15)13-14-3-8-20-13/h3,8-10H,4-7H2,1-2H3,(H,18,19). The van der Waals surface area contributed by atoms with Gasteiger partial charge in [0.1, 0.15) is 0 Å². The highest BCUT2D eigenvalue weighted by molar-refractivity contribution is 7.13. The molecular formula is C13H19N3O3S. The topological polar surface area (TPSA) is 73.7 Å². The number of thiazole rings is 1. The third kappa shape index (κ3) is 3.09. The minimum atomic E-state index is -0.924. The quantitative estimate of drug-likeness (QED) is 0.902. The number of piperazine rings is 1. The van der Waals surface area contributed by atoms with E-state index in [-0.39, 0.29) is 5.91 Å². The molecule has 2 heterocycles. The Morgan fingerprint density at radius 1 is 1.25 bits per heavy atom. The second kappa shape index (κ2) is 6.21. The molecule has 1 aliphatic heterocycles. The molecule has 0 saturated carbocycles. The van der Waals surface area contributed by atoms with Gasteiger partial charge >= 0.3 is 5.97 Å². The molecule has 0 bridgehead atoms. The van der Waals surface area contributed by atoms with Crippen LogP contribution >= 0.6 is 11.3 Å². The van der Waals surface area contributed by atoms with Crippen molar-refractivity contribution in [2.45, 2.75) is 13.8 Å². The maximum absolute atomic E-state index is 12.3. The van der Waals surface area contributed by atoms with E-state index in [4.69, 9.17) is 5.11 Å². The van der Waals surface area contributed by atoms with Crippen LogP contribution in [0.2, 0.25) is 0 Å². The average molecular weight is 297 g/mol. The molecule has 0 aromatic carbocycles. The van der Waals surface area contributed by atoms with Crippen molar-refractivity contribution in [1.29, 1.82) is 0 Å². The van der Waals surface area contributed by atoms with Crippen molar-refractivity contribution >= 4 is 28.3 Å². The van der Waals surface area contributed by atoms with Crippen molar-refractivity contribution in [3.8, 4) is 0 Å². The Balaban J connectivity index is 1.90. The number of aliphatic carboxylic acids is 1. The van der Waals surface area contributed by atoms with Gasteiger partial charge in [-0.25, -0.2) is 4.98 Å². The second-order valence-electron chi connectivity index (χ2n) is 5.04. The Morgan fingerprint density at radius 2 is 1.90 bits per heavy atom. The summed E-state index contributed by atoms with van der Waals surface area (Å²) in [5.41, 5.74) is 0. The minimum absolute atomic E-state index is 0.0707. The lowest BCUT2D eigenvalue weighted by Gasteiger charge is -2.36. The fourth-order valence-electron chi connectivity index (χ4n) is 2.21. The van der Waals surface area contributed by atoms with E-state index >= 15 is 0 Å². The molecule has 2 rings (SSSR count). The Hall–Kier alpha value is -1.63. The fourth-order valence-corrected chi connectivity index (χ4v) is 2.90. The number of hydrogen-bond acceptors (Lipinski definition) is 5. The van der Waals surface area contributed by atoms with Gasteiger partial charge in [0.15, 0.2) is 5.13 Å². The summed E-state index contributed by atoms with van der Waals surface area (Å²) in [6.45, 7) is 6.00. The highest BCUT2D eigenvalue weighted by Gasteiger charge is 2.31. The largest absolute Gasteiger partial charge is 0.481 e. The molecule has 1 aromatic heterocycles.